The summed E-state index contributed by atoms with van der Waals surface area (Å²) < 4.78 is 6.85. The molecule has 0 aliphatic rings. The molecule has 152 valence electrons. The van der Waals surface area contributed by atoms with Crippen molar-refractivity contribution >= 4 is 17.9 Å². The Morgan fingerprint density at radius 1 is 1.03 bits per heavy atom. The number of aromatic nitrogens is 3. The number of nitro groups is 1. The Hall–Kier alpha value is -4.66. The Kier molecular flexibility index (Phi) is 5.57. The van der Waals surface area contributed by atoms with E-state index in [1.54, 1.807) is 35.2 Å². The smallest absolute Gasteiger partial charge is 0.343 e. The van der Waals surface area contributed by atoms with Crippen LogP contribution in [0.5, 0.6) is 5.75 Å². The van der Waals surface area contributed by atoms with Crippen LogP contribution in [0.4, 0.5) is 5.69 Å². The third-order valence-electron chi connectivity index (χ3n) is 4.28. The molecule has 1 aromatic heterocycles. The predicted molar refractivity (Wildman–Crippen MR) is 113 cm³/mol. The van der Waals surface area contributed by atoms with E-state index in [-0.39, 0.29) is 11.3 Å². The van der Waals surface area contributed by atoms with Gasteiger partial charge in [-0.1, -0.05) is 36.4 Å². The van der Waals surface area contributed by atoms with Crippen LogP contribution in [-0.4, -0.2) is 32.0 Å². The zero-order valence-corrected chi connectivity index (χ0v) is 16.0. The summed E-state index contributed by atoms with van der Waals surface area (Å²) in [5, 5.41) is 23.2. The third kappa shape index (κ3) is 4.67. The minimum atomic E-state index is -0.679. The van der Waals surface area contributed by atoms with Crippen LogP contribution in [0.15, 0.2) is 90.3 Å². The molecule has 0 bridgehead atoms. The van der Waals surface area contributed by atoms with E-state index in [0.29, 0.717) is 11.6 Å². The predicted octanol–water partition coefficient (Wildman–Crippen LogP) is 3.95. The first kappa shape index (κ1) is 19.6. The molecule has 3 aromatic carbocycles. The van der Waals surface area contributed by atoms with Crippen molar-refractivity contribution in [3.05, 3.63) is 106 Å². The highest BCUT2D eigenvalue weighted by molar-refractivity contribution is 5.91. The number of hydrogen-bond acceptors (Lipinski definition) is 7. The average molecular weight is 413 g/mol. The largest absolute Gasteiger partial charge is 0.423 e. The van der Waals surface area contributed by atoms with Crippen molar-refractivity contribution in [3.63, 3.8) is 0 Å². The summed E-state index contributed by atoms with van der Waals surface area (Å²) in [6.07, 6.45) is 3.13. The van der Waals surface area contributed by atoms with Gasteiger partial charge in [-0.25, -0.2) is 4.79 Å². The fraction of sp³-hybridized carbons (Fsp3) is 0. The van der Waals surface area contributed by atoms with E-state index in [9.17, 15) is 14.9 Å². The molecule has 0 amide bonds. The molecule has 4 aromatic rings. The van der Waals surface area contributed by atoms with Gasteiger partial charge in [0.2, 0.25) is 0 Å². The van der Waals surface area contributed by atoms with Crippen molar-refractivity contribution in [1.82, 2.24) is 14.9 Å². The van der Waals surface area contributed by atoms with Crippen molar-refractivity contribution < 1.29 is 14.5 Å². The molecule has 0 aliphatic carbocycles. The van der Waals surface area contributed by atoms with E-state index in [1.807, 2.05) is 30.3 Å². The Balaban J connectivity index is 1.45. The molecular formula is C22H15N5O4. The number of carbonyl (C=O) groups is 1. The van der Waals surface area contributed by atoms with Gasteiger partial charge in [0.25, 0.3) is 5.69 Å². The lowest BCUT2D eigenvalue weighted by Crippen LogP contribution is -2.08. The summed E-state index contributed by atoms with van der Waals surface area (Å²) in [7, 11) is 0. The van der Waals surface area contributed by atoms with Gasteiger partial charge in [0.1, 0.15) is 12.1 Å². The molecule has 9 heteroatoms. The number of hydrogen-bond donors (Lipinski definition) is 0. The Labute approximate surface area is 176 Å². The van der Waals surface area contributed by atoms with E-state index in [4.69, 9.17) is 4.74 Å². The first-order valence-corrected chi connectivity index (χ1v) is 9.17. The SMILES string of the molecule is O=C(Oc1ccc(/C=N\n2cnnc2-c2ccccc2)cc1)c1cccc([N+](=O)[O-])c1. The van der Waals surface area contributed by atoms with Crippen LogP contribution in [0.1, 0.15) is 15.9 Å². The molecule has 0 saturated carbocycles. The molecular weight excluding hydrogens is 398 g/mol. The summed E-state index contributed by atoms with van der Waals surface area (Å²) >= 11 is 0. The molecule has 0 fully saturated rings. The summed E-state index contributed by atoms with van der Waals surface area (Å²) in [4.78, 5) is 22.5. The fourth-order valence-corrected chi connectivity index (χ4v) is 2.75. The average Bonchev–Trinajstić information content (AvgIpc) is 3.28. The number of carbonyl (C=O) groups excluding carboxylic acids is 1. The molecule has 0 unspecified atom stereocenters. The lowest BCUT2D eigenvalue weighted by Gasteiger charge is -2.05. The molecule has 9 nitrogen and oxygen atoms in total. The lowest BCUT2D eigenvalue weighted by molar-refractivity contribution is -0.384. The van der Waals surface area contributed by atoms with Gasteiger partial charge in [0.05, 0.1) is 16.7 Å². The highest BCUT2D eigenvalue weighted by atomic mass is 16.6. The maximum Gasteiger partial charge on any atom is 0.343 e. The second-order valence-electron chi connectivity index (χ2n) is 6.38. The number of rotatable bonds is 6. The normalized spacial score (nSPS) is 10.8. The van der Waals surface area contributed by atoms with Crippen molar-refractivity contribution in [1.29, 1.82) is 0 Å². The summed E-state index contributed by atoms with van der Waals surface area (Å²) in [6, 6.07) is 21.6. The second-order valence-corrected chi connectivity index (χ2v) is 6.38. The van der Waals surface area contributed by atoms with Gasteiger partial charge in [0, 0.05) is 17.7 Å². The van der Waals surface area contributed by atoms with Gasteiger partial charge in [-0.3, -0.25) is 10.1 Å². The minimum absolute atomic E-state index is 0.0980. The number of non-ortho nitro benzene ring substituents is 1. The van der Waals surface area contributed by atoms with Crippen LogP contribution in [0, 0.1) is 10.1 Å². The topological polar surface area (TPSA) is 113 Å². The number of nitro benzene ring substituents is 1. The summed E-state index contributed by atoms with van der Waals surface area (Å²) in [6.45, 7) is 0. The first-order chi connectivity index (χ1) is 15.1. The van der Waals surface area contributed by atoms with Gasteiger partial charge in [-0.05, 0) is 35.9 Å². The van der Waals surface area contributed by atoms with Crippen molar-refractivity contribution in [2.45, 2.75) is 0 Å². The van der Waals surface area contributed by atoms with Crippen molar-refractivity contribution in [3.8, 4) is 17.1 Å². The maximum absolute atomic E-state index is 12.2. The molecule has 0 atom stereocenters. The minimum Gasteiger partial charge on any atom is -0.423 e. The summed E-state index contributed by atoms with van der Waals surface area (Å²) in [5.41, 5.74) is 1.58. The van der Waals surface area contributed by atoms with E-state index < -0.39 is 10.9 Å². The van der Waals surface area contributed by atoms with Crippen LogP contribution in [0.3, 0.4) is 0 Å². The van der Waals surface area contributed by atoms with E-state index in [0.717, 1.165) is 11.1 Å². The second kappa shape index (κ2) is 8.78. The van der Waals surface area contributed by atoms with E-state index >= 15 is 0 Å². The molecule has 0 aliphatic heterocycles. The van der Waals surface area contributed by atoms with Crippen LogP contribution in [0.2, 0.25) is 0 Å². The number of benzene rings is 3. The number of ether oxygens (including phenoxy) is 1. The molecule has 31 heavy (non-hydrogen) atoms. The van der Waals surface area contributed by atoms with Crippen LogP contribution < -0.4 is 4.74 Å². The molecule has 0 saturated heterocycles. The van der Waals surface area contributed by atoms with Gasteiger partial charge < -0.3 is 4.74 Å². The number of esters is 1. The van der Waals surface area contributed by atoms with Gasteiger partial charge in [0.15, 0.2) is 5.82 Å². The standard InChI is InChI=1S/C22H15N5O4/c28-22(18-7-4-8-19(13-18)27(29)30)31-20-11-9-16(10-12-20)14-24-26-15-23-25-21(26)17-5-2-1-3-6-17/h1-15H/b24-14-. The molecule has 0 spiro atoms. The van der Waals surface area contributed by atoms with Crippen LogP contribution >= 0.6 is 0 Å². The van der Waals surface area contributed by atoms with Crippen molar-refractivity contribution in [2.24, 2.45) is 5.10 Å². The van der Waals surface area contributed by atoms with Gasteiger partial charge in [-0.2, -0.15) is 9.78 Å². The quantitative estimate of drug-likeness (QED) is 0.155. The highest BCUT2D eigenvalue weighted by Crippen LogP contribution is 2.18. The van der Waals surface area contributed by atoms with E-state index in [2.05, 4.69) is 15.3 Å². The summed E-state index contributed by atoms with van der Waals surface area (Å²) in [5.74, 6) is 0.240. The molecule has 4 rings (SSSR count). The van der Waals surface area contributed by atoms with Crippen LogP contribution in [-0.2, 0) is 0 Å². The monoisotopic (exact) mass is 413 g/mol. The zero-order valence-electron chi connectivity index (χ0n) is 16.0. The Morgan fingerprint density at radius 2 is 1.81 bits per heavy atom. The van der Waals surface area contributed by atoms with Gasteiger partial charge in [-0.15, -0.1) is 10.2 Å². The van der Waals surface area contributed by atoms with E-state index in [1.165, 1.54) is 30.6 Å². The van der Waals surface area contributed by atoms with Crippen molar-refractivity contribution in [2.75, 3.05) is 0 Å². The first-order valence-electron chi connectivity index (χ1n) is 9.17. The Morgan fingerprint density at radius 3 is 2.55 bits per heavy atom. The highest BCUT2D eigenvalue weighted by Gasteiger charge is 2.13. The Bertz CT molecular complexity index is 1250. The maximum atomic E-state index is 12.2. The molecule has 0 radical (unpaired) electrons. The molecule has 1 heterocycles. The third-order valence-corrected chi connectivity index (χ3v) is 4.28. The lowest BCUT2D eigenvalue weighted by atomic mass is 10.2. The van der Waals surface area contributed by atoms with Gasteiger partial charge >= 0.3 is 5.97 Å². The van der Waals surface area contributed by atoms with Crippen LogP contribution in [0.25, 0.3) is 11.4 Å². The zero-order chi connectivity index (χ0) is 21.6. The molecule has 0 N–H and O–H groups in total. The fourth-order valence-electron chi connectivity index (χ4n) is 2.75. The number of nitrogens with zero attached hydrogens (tertiary/aromatic N) is 5.